The van der Waals surface area contributed by atoms with Crippen molar-refractivity contribution >= 4 is 11.9 Å². The summed E-state index contributed by atoms with van der Waals surface area (Å²) in [5.74, 6) is -1.47. The van der Waals surface area contributed by atoms with Gasteiger partial charge < -0.3 is 16.2 Å². The maximum Gasteiger partial charge on any atom is 0.326 e. The van der Waals surface area contributed by atoms with E-state index >= 15 is 0 Å². The molecule has 5 heteroatoms. The number of nitrogens with one attached hydrogen (secondary N) is 1. The van der Waals surface area contributed by atoms with Crippen molar-refractivity contribution in [3.63, 3.8) is 0 Å². The topological polar surface area (TPSA) is 92.4 Å². The fourth-order valence-corrected chi connectivity index (χ4v) is 2.73. The van der Waals surface area contributed by atoms with Crippen LogP contribution < -0.4 is 11.1 Å². The molecule has 4 N–H and O–H groups in total. The van der Waals surface area contributed by atoms with E-state index in [-0.39, 0.29) is 6.42 Å². The Morgan fingerprint density at radius 2 is 1.65 bits per heavy atom. The van der Waals surface area contributed by atoms with Crippen molar-refractivity contribution in [3.8, 4) is 11.1 Å². The van der Waals surface area contributed by atoms with Gasteiger partial charge in [0.05, 0.1) is 6.04 Å². The monoisotopic (exact) mass is 354 g/mol. The Labute approximate surface area is 154 Å². The van der Waals surface area contributed by atoms with Crippen LogP contribution >= 0.6 is 0 Å². The predicted molar refractivity (Wildman–Crippen MR) is 103 cm³/mol. The quantitative estimate of drug-likeness (QED) is 0.645. The van der Waals surface area contributed by atoms with Crippen LogP contribution in [-0.4, -0.2) is 29.1 Å². The molecule has 2 atom stereocenters. The number of aliphatic carboxylic acids is 1. The molecule has 138 valence electrons. The molecule has 0 spiro atoms. The van der Waals surface area contributed by atoms with E-state index in [0.29, 0.717) is 6.42 Å². The number of carbonyl (C=O) groups excluding carboxylic acids is 1. The average Bonchev–Trinajstić information content (AvgIpc) is 2.66. The normalized spacial score (nSPS) is 13.0. The Morgan fingerprint density at radius 3 is 2.23 bits per heavy atom. The van der Waals surface area contributed by atoms with Crippen molar-refractivity contribution in [2.24, 2.45) is 5.73 Å². The van der Waals surface area contributed by atoms with Gasteiger partial charge in [-0.25, -0.2) is 4.79 Å². The maximum atomic E-state index is 12.1. The van der Waals surface area contributed by atoms with E-state index in [1.165, 1.54) is 0 Å². The summed E-state index contributed by atoms with van der Waals surface area (Å²) in [5, 5.41) is 12.0. The smallest absolute Gasteiger partial charge is 0.326 e. The summed E-state index contributed by atoms with van der Waals surface area (Å²) in [5.41, 5.74) is 8.83. The second-order valence-electron chi connectivity index (χ2n) is 6.42. The first-order chi connectivity index (χ1) is 12.5. The Hall–Kier alpha value is -2.66. The fraction of sp³-hybridized carbons (Fsp3) is 0.333. The molecule has 0 aliphatic carbocycles. The molecule has 0 aliphatic rings. The molecule has 0 fully saturated rings. The van der Waals surface area contributed by atoms with Gasteiger partial charge in [-0.1, -0.05) is 74.4 Å². The van der Waals surface area contributed by atoms with Gasteiger partial charge in [-0.2, -0.15) is 0 Å². The number of nitrogens with two attached hydrogens (primary N) is 1. The van der Waals surface area contributed by atoms with Crippen LogP contribution in [0.2, 0.25) is 0 Å². The Balaban J connectivity index is 2.01. The first-order valence-corrected chi connectivity index (χ1v) is 8.94. The second kappa shape index (κ2) is 9.73. The zero-order valence-electron chi connectivity index (χ0n) is 15.0. The van der Waals surface area contributed by atoms with Gasteiger partial charge in [0.2, 0.25) is 5.91 Å². The van der Waals surface area contributed by atoms with Crippen molar-refractivity contribution in [3.05, 3.63) is 60.2 Å². The van der Waals surface area contributed by atoms with Gasteiger partial charge in [0.15, 0.2) is 0 Å². The molecule has 2 aromatic carbocycles. The summed E-state index contributed by atoms with van der Waals surface area (Å²) in [4.78, 5) is 23.6. The number of carboxylic acid groups (broad SMARTS) is 1. The molecule has 0 aliphatic heterocycles. The number of unbranched alkanes of at least 4 members (excludes halogenated alkanes) is 1. The Bertz CT molecular complexity index is 714. The summed E-state index contributed by atoms with van der Waals surface area (Å²) in [6.07, 6.45) is 2.56. The third-order valence-electron chi connectivity index (χ3n) is 4.32. The van der Waals surface area contributed by atoms with Crippen molar-refractivity contribution < 1.29 is 14.7 Å². The molecule has 0 unspecified atom stereocenters. The van der Waals surface area contributed by atoms with Gasteiger partial charge in [0.1, 0.15) is 6.04 Å². The molecular formula is C21H26N2O3. The number of hydrogen-bond acceptors (Lipinski definition) is 3. The number of hydrogen-bond donors (Lipinski definition) is 3. The zero-order chi connectivity index (χ0) is 18.9. The molecule has 5 nitrogen and oxygen atoms in total. The van der Waals surface area contributed by atoms with Gasteiger partial charge in [-0.3, -0.25) is 4.79 Å². The van der Waals surface area contributed by atoms with E-state index in [1.54, 1.807) is 0 Å². The molecule has 0 saturated heterocycles. The standard InChI is InChI=1S/C21H26N2O3/c1-2-3-9-18(22)20(24)23-19(21(25)26)14-15-10-12-17(13-11-15)16-7-5-4-6-8-16/h4-8,10-13,18-19H,2-3,9,14,22H2,1H3,(H,23,24)(H,25,26)/t18-,19-/m0/s1. The molecule has 0 radical (unpaired) electrons. The lowest BCUT2D eigenvalue weighted by Crippen LogP contribution is -2.49. The fourth-order valence-electron chi connectivity index (χ4n) is 2.73. The van der Waals surface area contributed by atoms with E-state index in [0.717, 1.165) is 29.5 Å². The van der Waals surface area contributed by atoms with Gasteiger partial charge >= 0.3 is 5.97 Å². The van der Waals surface area contributed by atoms with Gasteiger partial charge in [-0.05, 0) is 23.1 Å². The highest BCUT2D eigenvalue weighted by Crippen LogP contribution is 2.19. The largest absolute Gasteiger partial charge is 0.480 e. The van der Waals surface area contributed by atoms with Crippen molar-refractivity contribution in [1.82, 2.24) is 5.32 Å². The summed E-state index contributed by atoms with van der Waals surface area (Å²) in [6.45, 7) is 2.02. The van der Waals surface area contributed by atoms with Gasteiger partial charge in [-0.15, -0.1) is 0 Å². The van der Waals surface area contributed by atoms with Crippen LogP contribution in [0.5, 0.6) is 0 Å². The zero-order valence-corrected chi connectivity index (χ0v) is 15.0. The van der Waals surface area contributed by atoms with Crippen molar-refractivity contribution in [2.45, 2.75) is 44.7 Å². The molecule has 26 heavy (non-hydrogen) atoms. The molecule has 0 saturated carbocycles. The Morgan fingerprint density at radius 1 is 1.04 bits per heavy atom. The molecule has 0 bridgehead atoms. The maximum absolute atomic E-state index is 12.1. The van der Waals surface area contributed by atoms with E-state index in [1.807, 2.05) is 61.5 Å². The van der Waals surface area contributed by atoms with Crippen LogP contribution in [0.1, 0.15) is 31.7 Å². The molecule has 0 heterocycles. The third-order valence-corrected chi connectivity index (χ3v) is 4.32. The predicted octanol–water partition coefficient (Wildman–Crippen LogP) is 2.98. The van der Waals surface area contributed by atoms with E-state index in [2.05, 4.69) is 5.32 Å². The summed E-state index contributed by atoms with van der Waals surface area (Å²) < 4.78 is 0. The van der Waals surface area contributed by atoms with E-state index < -0.39 is 24.0 Å². The minimum Gasteiger partial charge on any atom is -0.480 e. The number of amides is 1. The Kier molecular flexibility index (Phi) is 7.36. The second-order valence-corrected chi connectivity index (χ2v) is 6.42. The van der Waals surface area contributed by atoms with Gasteiger partial charge in [0.25, 0.3) is 0 Å². The minimum absolute atomic E-state index is 0.219. The summed E-state index contributed by atoms with van der Waals surface area (Å²) in [6, 6.07) is 16.0. The first kappa shape index (κ1) is 19.7. The number of carbonyl (C=O) groups is 2. The third kappa shape index (κ3) is 5.70. The lowest BCUT2D eigenvalue weighted by Gasteiger charge is -2.18. The lowest BCUT2D eigenvalue weighted by atomic mass is 10.0. The number of carboxylic acids is 1. The summed E-state index contributed by atoms with van der Waals surface area (Å²) in [7, 11) is 0. The number of benzene rings is 2. The SMILES string of the molecule is CCCC[C@H](N)C(=O)N[C@@H](Cc1ccc(-c2ccccc2)cc1)C(=O)O. The number of rotatable bonds is 9. The average molecular weight is 354 g/mol. The highest BCUT2D eigenvalue weighted by Gasteiger charge is 2.23. The lowest BCUT2D eigenvalue weighted by molar-refractivity contribution is -0.142. The minimum atomic E-state index is -1.06. The summed E-state index contributed by atoms with van der Waals surface area (Å²) >= 11 is 0. The highest BCUT2D eigenvalue weighted by atomic mass is 16.4. The van der Waals surface area contributed by atoms with Crippen LogP contribution in [0.25, 0.3) is 11.1 Å². The van der Waals surface area contributed by atoms with Crippen LogP contribution in [0, 0.1) is 0 Å². The van der Waals surface area contributed by atoms with Crippen molar-refractivity contribution in [2.75, 3.05) is 0 Å². The van der Waals surface area contributed by atoms with Crippen LogP contribution in [0.15, 0.2) is 54.6 Å². The van der Waals surface area contributed by atoms with Crippen LogP contribution in [0.4, 0.5) is 0 Å². The molecule has 2 aromatic rings. The molecule has 2 rings (SSSR count). The van der Waals surface area contributed by atoms with Gasteiger partial charge in [0, 0.05) is 6.42 Å². The highest BCUT2D eigenvalue weighted by molar-refractivity contribution is 5.86. The van der Waals surface area contributed by atoms with Crippen LogP contribution in [0.3, 0.4) is 0 Å². The van der Waals surface area contributed by atoms with Crippen molar-refractivity contribution in [1.29, 1.82) is 0 Å². The van der Waals surface area contributed by atoms with E-state index in [9.17, 15) is 14.7 Å². The molecule has 0 aromatic heterocycles. The molecular weight excluding hydrogens is 328 g/mol. The van der Waals surface area contributed by atoms with Crippen LogP contribution in [-0.2, 0) is 16.0 Å². The van der Waals surface area contributed by atoms with E-state index in [4.69, 9.17) is 5.73 Å². The first-order valence-electron chi connectivity index (χ1n) is 8.94. The molecule has 1 amide bonds.